The van der Waals surface area contributed by atoms with Gasteiger partial charge in [-0.15, -0.1) is 10.2 Å². The molecular weight excluding hydrogens is 348 g/mol. The van der Waals surface area contributed by atoms with Crippen molar-refractivity contribution in [2.75, 3.05) is 17.7 Å². The highest BCUT2D eigenvalue weighted by atomic mass is 35.5. The predicted octanol–water partition coefficient (Wildman–Crippen LogP) is 3.15. The van der Waals surface area contributed by atoms with Crippen LogP contribution in [-0.4, -0.2) is 39.1 Å². The fourth-order valence-corrected chi connectivity index (χ4v) is 3.45. The first-order chi connectivity index (χ1) is 11.6. The van der Waals surface area contributed by atoms with Crippen LogP contribution in [-0.2, 0) is 16.1 Å². The van der Waals surface area contributed by atoms with E-state index in [1.54, 1.807) is 24.3 Å². The molecule has 0 saturated carbocycles. The fourth-order valence-electron chi connectivity index (χ4n) is 2.53. The first-order valence-electron chi connectivity index (χ1n) is 7.81. The first kappa shape index (κ1) is 17.3. The monoisotopic (exact) mass is 366 g/mol. The van der Waals surface area contributed by atoms with Gasteiger partial charge < -0.3 is 14.6 Å². The number of aryl methyl sites for hydroxylation is 1. The molecule has 1 saturated heterocycles. The van der Waals surface area contributed by atoms with Crippen LogP contribution in [0.5, 0.6) is 0 Å². The number of nitrogens with one attached hydrogen (secondary N) is 1. The average molecular weight is 367 g/mol. The summed E-state index contributed by atoms with van der Waals surface area (Å²) in [4.78, 5) is 12.1. The molecule has 0 radical (unpaired) electrons. The van der Waals surface area contributed by atoms with Crippen molar-refractivity contribution in [3.8, 4) is 0 Å². The van der Waals surface area contributed by atoms with E-state index in [4.69, 9.17) is 16.3 Å². The van der Waals surface area contributed by atoms with Crippen molar-refractivity contribution in [3.05, 3.63) is 35.1 Å². The van der Waals surface area contributed by atoms with E-state index in [-0.39, 0.29) is 17.8 Å². The van der Waals surface area contributed by atoms with E-state index in [1.807, 2.05) is 11.5 Å². The molecule has 0 bridgehead atoms. The smallest absolute Gasteiger partial charge is 0.234 e. The Bertz CT molecular complexity index is 699. The molecule has 0 aliphatic carbocycles. The third-order valence-electron chi connectivity index (χ3n) is 3.77. The van der Waals surface area contributed by atoms with Crippen LogP contribution in [0.15, 0.2) is 29.4 Å². The molecule has 8 heteroatoms. The normalized spacial score (nSPS) is 17.2. The fraction of sp³-hybridized carbons (Fsp3) is 0.438. The maximum atomic E-state index is 12.1. The van der Waals surface area contributed by atoms with Gasteiger partial charge in [-0.1, -0.05) is 23.4 Å². The zero-order chi connectivity index (χ0) is 16.9. The molecule has 6 nitrogen and oxygen atoms in total. The topological polar surface area (TPSA) is 69.0 Å². The van der Waals surface area contributed by atoms with Gasteiger partial charge in [0.05, 0.1) is 18.4 Å². The van der Waals surface area contributed by atoms with Crippen LogP contribution in [0.1, 0.15) is 18.7 Å². The maximum absolute atomic E-state index is 12.1. The van der Waals surface area contributed by atoms with Crippen LogP contribution < -0.4 is 5.32 Å². The quantitative estimate of drug-likeness (QED) is 0.795. The molecule has 1 aromatic carbocycles. The highest BCUT2D eigenvalue weighted by Gasteiger charge is 2.20. The van der Waals surface area contributed by atoms with Gasteiger partial charge >= 0.3 is 0 Å². The molecule has 1 aliphatic heterocycles. The molecule has 1 fully saturated rings. The molecule has 3 rings (SSSR count). The van der Waals surface area contributed by atoms with Crippen molar-refractivity contribution in [2.45, 2.75) is 37.6 Å². The number of rotatable bonds is 6. The Morgan fingerprint density at radius 1 is 1.42 bits per heavy atom. The molecule has 1 unspecified atom stereocenters. The van der Waals surface area contributed by atoms with Gasteiger partial charge in [0.25, 0.3) is 0 Å². The van der Waals surface area contributed by atoms with Crippen molar-refractivity contribution >= 4 is 35.0 Å². The van der Waals surface area contributed by atoms with E-state index in [0.29, 0.717) is 5.02 Å². The minimum atomic E-state index is -0.0911. The lowest BCUT2D eigenvalue weighted by atomic mass is 10.2. The summed E-state index contributed by atoms with van der Waals surface area (Å²) in [5, 5.41) is 12.5. The van der Waals surface area contributed by atoms with E-state index in [0.717, 1.165) is 42.7 Å². The molecule has 24 heavy (non-hydrogen) atoms. The van der Waals surface area contributed by atoms with Gasteiger partial charge in [0.15, 0.2) is 5.16 Å². The number of amides is 1. The summed E-state index contributed by atoms with van der Waals surface area (Å²) in [5.41, 5.74) is 0.724. The average Bonchev–Trinajstić information content (AvgIpc) is 3.19. The summed E-state index contributed by atoms with van der Waals surface area (Å²) in [6, 6.07) is 7.03. The SMILES string of the molecule is Cc1nnc(SCC(=O)Nc2ccc(Cl)cc2)n1CC1CCCO1. The molecule has 1 amide bonds. The summed E-state index contributed by atoms with van der Waals surface area (Å²) >= 11 is 7.21. The number of ether oxygens (including phenoxy) is 1. The zero-order valence-corrected chi connectivity index (χ0v) is 14.9. The van der Waals surface area contributed by atoms with Gasteiger partial charge in [0.1, 0.15) is 5.82 Å². The Kier molecular flexibility index (Phi) is 5.76. The van der Waals surface area contributed by atoms with Crippen LogP contribution in [0.25, 0.3) is 0 Å². The standard InChI is InChI=1S/C16H19ClN4O2S/c1-11-19-20-16(21(11)9-14-3-2-8-23-14)24-10-15(22)18-13-6-4-12(17)5-7-13/h4-7,14H,2-3,8-10H2,1H3,(H,18,22). The number of hydrogen-bond acceptors (Lipinski definition) is 5. The van der Waals surface area contributed by atoms with Crippen molar-refractivity contribution in [3.63, 3.8) is 0 Å². The Labute approximate surface area is 149 Å². The zero-order valence-electron chi connectivity index (χ0n) is 13.4. The number of carbonyl (C=O) groups is 1. The lowest BCUT2D eigenvalue weighted by molar-refractivity contribution is -0.113. The molecule has 1 aliphatic rings. The van der Waals surface area contributed by atoms with Crippen LogP contribution in [0.2, 0.25) is 5.02 Å². The Morgan fingerprint density at radius 3 is 2.92 bits per heavy atom. The van der Waals surface area contributed by atoms with E-state index in [1.165, 1.54) is 11.8 Å². The van der Waals surface area contributed by atoms with Gasteiger partial charge in [-0.25, -0.2) is 0 Å². The van der Waals surface area contributed by atoms with Gasteiger partial charge in [0, 0.05) is 17.3 Å². The highest BCUT2D eigenvalue weighted by molar-refractivity contribution is 7.99. The van der Waals surface area contributed by atoms with Crippen LogP contribution in [0.4, 0.5) is 5.69 Å². The second-order valence-corrected chi connectivity index (χ2v) is 7.00. The number of thioether (sulfide) groups is 1. The summed E-state index contributed by atoms with van der Waals surface area (Å²) in [7, 11) is 0. The van der Waals surface area contributed by atoms with Crippen LogP contribution in [0, 0.1) is 6.92 Å². The van der Waals surface area contributed by atoms with Gasteiger partial charge in [-0.2, -0.15) is 0 Å². The minimum Gasteiger partial charge on any atom is -0.376 e. The molecule has 2 heterocycles. The van der Waals surface area contributed by atoms with Crippen molar-refractivity contribution in [1.82, 2.24) is 14.8 Å². The van der Waals surface area contributed by atoms with Crippen LogP contribution in [0.3, 0.4) is 0 Å². The molecule has 1 atom stereocenters. The maximum Gasteiger partial charge on any atom is 0.234 e. The molecular formula is C16H19ClN4O2S. The third kappa shape index (κ3) is 4.49. The molecule has 1 N–H and O–H groups in total. The number of benzene rings is 1. The third-order valence-corrected chi connectivity index (χ3v) is 4.99. The van der Waals surface area contributed by atoms with Gasteiger partial charge in [-0.3, -0.25) is 4.79 Å². The second kappa shape index (κ2) is 8.00. The highest BCUT2D eigenvalue weighted by Crippen LogP contribution is 2.21. The number of aromatic nitrogens is 3. The number of anilines is 1. The number of nitrogens with zero attached hydrogens (tertiary/aromatic N) is 3. The Morgan fingerprint density at radius 2 is 2.21 bits per heavy atom. The Hall–Kier alpha value is -1.57. The van der Waals surface area contributed by atoms with Crippen molar-refractivity contribution in [2.24, 2.45) is 0 Å². The number of hydrogen-bond donors (Lipinski definition) is 1. The summed E-state index contributed by atoms with van der Waals surface area (Å²) in [6.45, 7) is 3.47. The van der Waals surface area contributed by atoms with E-state index in [2.05, 4.69) is 15.5 Å². The molecule has 128 valence electrons. The van der Waals surface area contributed by atoms with Crippen LogP contribution >= 0.6 is 23.4 Å². The summed E-state index contributed by atoms with van der Waals surface area (Å²) in [6.07, 6.45) is 2.36. The van der Waals surface area contributed by atoms with Gasteiger partial charge in [-0.05, 0) is 44.0 Å². The lowest BCUT2D eigenvalue weighted by Gasteiger charge is -2.13. The molecule has 1 aromatic heterocycles. The Balaban J connectivity index is 1.55. The van der Waals surface area contributed by atoms with E-state index >= 15 is 0 Å². The minimum absolute atomic E-state index is 0.0911. The first-order valence-corrected chi connectivity index (χ1v) is 9.18. The molecule has 0 spiro atoms. The number of carbonyl (C=O) groups excluding carboxylic acids is 1. The van der Waals surface area contributed by atoms with E-state index in [9.17, 15) is 4.79 Å². The number of halogens is 1. The van der Waals surface area contributed by atoms with Crippen molar-refractivity contribution in [1.29, 1.82) is 0 Å². The summed E-state index contributed by atoms with van der Waals surface area (Å²) in [5.74, 6) is 1.02. The lowest BCUT2D eigenvalue weighted by Crippen LogP contribution is -2.18. The molecule has 2 aromatic rings. The predicted molar refractivity (Wildman–Crippen MR) is 94.5 cm³/mol. The summed E-state index contributed by atoms with van der Waals surface area (Å²) < 4.78 is 7.70. The second-order valence-electron chi connectivity index (χ2n) is 5.62. The van der Waals surface area contributed by atoms with Gasteiger partial charge in [0.2, 0.25) is 5.91 Å². The van der Waals surface area contributed by atoms with Crippen molar-refractivity contribution < 1.29 is 9.53 Å². The van der Waals surface area contributed by atoms with E-state index < -0.39 is 0 Å². The largest absolute Gasteiger partial charge is 0.376 e.